The number of halogens is 2. The lowest BCUT2D eigenvalue weighted by atomic mass is 9.87. The van der Waals surface area contributed by atoms with Crippen molar-refractivity contribution >= 4 is 38.9 Å². The van der Waals surface area contributed by atoms with E-state index >= 15 is 0 Å². The van der Waals surface area contributed by atoms with Crippen LogP contribution in [0.5, 0.6) is 5.75 Å². The Morgan fingerprint density at radius 3 is 2.36 bits per heavy atom. The van der Waals surface area contributed by atoms with Crippen molar-refractivity contribution in [1.82, 2.24) is 0 Å². The van der Waals surface area contributed by atoms with E-state index in [1.807, 2.05) is 37.3 Å². The summed E-state index contributed by atoms with van der Waals surface area (Å²) in [5, 5.41) is 19.2. The van der Waals surface area contributed by atoms with Gasteiger partial charge in [-0.1, -0.05) is 38.4 Å². The molecule has 0 unspecified atom stereocenters. The second kappa shape index (κ2) is 6.39. The summed E-state index contributed by atoms with van der Waals surface area (Å²) in [5.74, 6) is 0.0800. The van der Waals surface area contributed by atoms with Gasteiger partial charge in [-0.2, -0.15) is 5.11 Å². The van der Waals surface area contributed by atoms with Gasteiger partial charge in [0.1, 0.15) is 5.69 Å². The van der Waals surface area contributed by atoms with Crippen molar-refractivity contribution in [3.63, 3.8) is 0 Å². The minimum Gasteiger partial charge on any atom is -0.505 e. The van der Waals surface area contributed by atoms with Gasteiger partial charge in [0.2, 0.25) is 0 Å². The molecule has 2 aromatic carbocycles. The van der Waals surface area contributed by atoms with E-state index in [1.54, 1.807) is 0 Å². The van der Waals surface area contributed by atoms with E-state index in [4.69, 9.17) is 11.6 Å². The zero-order valence-electron chi connectivity index (χ0n) is 13.0. The standard InChI is InChI=1S/C17H18BrClN2O/c1-10-13(19)6-5-7-14(10)20-21-15-9-11(17(2,3)4)8-12(18)16(15)22/h5-9,22H,1-4H3. The molecule has 0 spiro atoms. The van der Waals surface area contributed by atoms with Crippen LogP contribution in [0.15, 0.2) is 45.0 Å². The molecule has 0 atom stereocenters. The van der Waals surface area contributed by atoms with E-state index in [1.165, 1.54) is 0 Å². The molecule has 0 aromatic heterocycles. The van der Waals surface area contributed by atoms with E-state index in [9.17, 15) is 5.11 Å². The Morgan fingerprint density at radius 1 is 1.09 bits per heavy atom. The molecular formula is C17H18BrClN2O. The molecule has 22 heavy (non-hydrogen) atoms. The topological polar surface area (TPSA) is 45.0 Å². The molecule has 0 aliphatic heterocycles. The summed E-state index contributed by atoms with van der Waals surface area (Å²) in [5.41, 5.74) is 2.99. The van der Waals surface area contributed by atoms with E-state index < -0.39 is 0 Å². The predicted molar refractivity (Wildman–Crippen MR) is 94.9 cm³/mol. The Morgan fingerprint density at radius 2 is 1.73 bits per heavy atom. The molecule has 0 radical (unpaired) electrons. The highest BCUT2D eigenvalue weighted by molar-refractivity contribution is 9.10. The molecule has 0 bridgehead atoms. The average molecular weight is 382 g/mol. The van der Waals surface area contributed by atoms with Gasteiger partial charge in [-0.15, -0.1) is 5.11 Å². The maximum atomic E-state index is 10.2. The Kier molecular flexibility index (Phi) is 4.93. The molecule has 3 nitrogen and oxygen atoms in total. The maximum Gasteiger partial charge on any atom is 0.157 e. The Bertz CT molecular complexity index is 736. The van der Waals surface area contributed by atoms with Crippen LogP contribution >= 0.6 is 27.5 Å². The molecule has 0 saturated carbocycles. The second-order valence-electron chi connectivity index (χ2n) is 6.16. The molecule has 5 heteroatoms. The van der Waals surface area contributed by atoms with Crippen LogP contribution in [0.4, 0.5) is 11.4 Å². The van der Waals surface area contributed by atoms with Gasteiger partial charge in [0.15, 0.2) is 5.75 Å². The Balaban J connectivity index is 2.47. The maximum absolute atomic E-state index is 10.2. The Labute approximate surface area is 144 Å². The molecule has 1 N–H and O–H groups in total. The average Bonchev–Trinajstić information content (AvgIpc) is 2.43. The van der Waals surface area contributed by atoms with Gasteiger partial charge < -0.3 is 5.11 Å². The largest absolute Gasteiger partial charge is 0.505 e. The van der Waals surface area contributed by atoms with Gasteiger partial charge in [0.05, 0.1) is 10.2 Å². The van der Waals surface area contributed by atoms with Crippen molar-refractivity contribution in [3.8, 4) is 5.75 Å². The minimum atomic E-state index is -0.0491. The smallest absolute Gasteiger partial charge is 0.157 e. The number of phenolic OH excluding ortho intramolecular Hbond substituents is 1. The number of azo groups is 1. The third kappa shape index (κ3) is 3.68. The van der Waals surface area contributed by atoms with Gasteiger partial charge in [0, 0.05) is 5.02 Å². The van der Waals surface area contributed by atoms with Crippen LogP contribution < -0.4 is 0 Å². The molecular weight excluding hydrogens is 364 g/mol. The molecule has 0 aliphatic carbocycles. The highest BCUT2D eigenvalue weighted by Crippen LogP contribution is 2.40. The van der Waals surface area contributed by atoms with E-state index in [2.05, 4.69) is 46.9 Å². The van der Waals surface area contributed by atoms with Crippen LogP contribution in [0.25, 0.3) is 0 Å². The van der Waals surface area contributed by atoms with Crippen molar-refractivity contribution in [2.45, 2.75) is 33.1 Å². The first-order valence-electron chi connectivity index (χ1n) is 6.90. The quantitative estimate of drug-likeness (QED) is 0.569. The fourth-order valence-electron chi connectivity index (χ4n) is 1.91. The zero-order valence-corrected chi connectivity index (χ0v) is 15.3. The number of benzene rings is 2. The minimum absolute atomic E-state index is 0.0491. The van der Waals surface area contributed by atoms with Crippen LogP contribution in [0, 0.1) is 6.92 Å². The monoisotopic (exact) mass is 380 g/mol. The number of hydrogen-bond donors (Lipinski definition) is 1. The van der Waals surface area contributed by atoms with Gasteiger partial charge in [-0.05, 0) is 63.7 Å². The van der Waals surface area contributed by atoms with E-state index in [0.717, 1.165) is 11.1 Å². The highest BCUT2D eigenvalue weighted by Gasteiger charge is 2.18. The van der Waals surface area contributed by atoms with Crippen molar-refractivity contribution in [2.24, 2.45) is 10.2 Å². The van der Waals surface area contributed by atoms with Crippen LogP contribution in [-0.4, -0.2) is 5.11 Å². The third-order valence-electron chi connectivity index (χ3n) is 3.41. The van der Waals surface area contributed by atoms with Gasteiger partial charge >= 0.3 is 0 Å². The SMILES string of the molecule is Cc1c(Cl)cccc1N=Nc1cc(C(C)(C)C)cc(Br)c1O. The molecule has 0 heterocycles. The van der Waals surface area contributed by atoms with Crippen molar-refractivity contribution in [3.05, 3.63) is 51.0 Å². The highest BCUT2D eigenvalue weighted by atomic mass is 79.9. The lowest BCUT2D eigenvalue weighted by Gasteiger charge is -2.20. The lowest BCUT2D eigenvalue weighted by molar-refractivity contribution is 0.471. The second-order valence-corrected chi connectivity index (χ2v) is 7.42. The summed E-state index contributed by atoms with van der Waals surface area (Å²) in [7, 11) is 0. The first-order chi connectivity index (χ1) is 10.2. The zero-order chi connectivity index (χ0) is 16.5. The van der Waals surface area contributed by atoms with Crippen LogP contribution in [-0.2, 0) is 5.41 Å². The van der Waals surface area contributed by atoms with E-state index in [0.29, 0.717) is 20.9 Å². The number of nitrogens with zero attached hydrogens (tertiary/aromatic N) is 2. The first kappa shape index (κ1) is 17.0. The molecule has 0 fully saturated rings. The first-order valence-corrected chi connectivity index (χ1v) is 8.07. The normalized spacial score (nSPS) is 12.1. The van der Waals surface area contributed by atoms with Crippen molar-refractivity contribution < 1.29 is 5.11 Å². The summed E-state index contributed by atoms with van der Waals surface area (Å²) < 4.78 is 0.608. The van der Waals surface area contributed by atoms with Gasteiger partial charge in [-0.3, -0.25) is 0 Å². The summed E-state index contributed by atoms with van der Waals surface area (Å²) in [6.07, 6.45) is 0. The summed E-state index contributed by atoms with van der Waals surface area (Å²) >= 11 is 9.45. The summed E-state index contributed by atoms with van der Waals surface area (Å²) in [6.45, 7) is 8.20. The molecule has 0 aliphatic rings. The summed E-state index contributed by atoms with van der Waals surface area (Å²) in [4.78, 5) is 0. The van der Waals surface area contributed by atoms with Crippen molar-refractivity contribution in [1.29, 1.82) is 0 Å². The molecule has 2 rings (SSSR count). The molecule has 0 saturated heterocycles. The number of aromatic hydroxyl groups is 1. The fraction of sp³-hybridized carbons (Fsp3) is 0.294. The lowest BCUT2D eigenvalue weighted by Crippen LogP contribution is -2.10. The predicted octanol–water partition coefficient (Wildman–Crippen LogP) is 6.83. The summed E-state index contributed by atoms with van der Waals surface area (Å²) in [6, 6.07) is 9.22. The molecule has 0 amide bonds. The van der Waals surface area contributed by atoms with Crippen LogP contribution in [0.2, 0.25) is 5.02 Å². The third-order valence-corrected chi connectivity index (χ3v) is 4.43. The van der Waals surface area contributed by atoms with Crippen LogP contribution in [0.3, 0.4) is 0 Å². The molecule has 116 valence electrons. The van der Waals surface area contributed by atoms with Gasteiger partial charge in [-0.25, -0.2) is 0 Å². The number of hydrogen-bond acceptors (Lipinski definition) is 3. The number of phenols is 1. The van der Waals surface area contributed by atoms with Gasteiger partial charge in [0.25, 0.3) is 0 Å². The Hall–Kier alpha value is -1.39. The molecule has 2 aromatic rings. The van der Waals surface area contributed by atoms with E-state index in [-0.39, 0.29) is 11.2 Å². The van der Waals surface area contributed by atoms with Crippen molar-refractivity contribution in [2.75, 3.05) is 0 Å². The fourth-order valence-corrected chi connectivity index (χ4v) is 2.53. The number of rotatable bonds is 2. The van der Waals surface area contributed by atoms with Crippen LogP contribution in [0.1, 0.15) is 31.9 Å².